The van der Waals surface area contributed by atoms with E-state index < -0.39 is 18.0 Å². The van der Waals surface area contributed by atoms with Gasteiger partial charge in [-0.1, -0.05) is 6.07 Å². The summed E-state index contributed by atoms with van der Waals surface area (Å²) in [7, 11) is 0. The highest BCUT2D eigenvalue weighted by molar-refractivity contribution is 5.73. The molecule has 3 rings (SSSR count). The van der Waals surface area contributed by atoms with E-state index in [4.69, 9.17) is 19.9 Å². The number of nitrogens with one attached hydrogen (secondary N) is 2. The van der Waals surface area contributed by atoms with Crippen LogP contribution in [0.3, 0.4) is 0 Å². The van der Waals surface area contributed by atoms with Crippen molar-refractivity contribution in [2.24, 2.45) is 0 Å². The number of benzene rings is 1. The molecule has 1 aliphatic rings. The first-order valence-electron chi connectivity index (χ1n) is 9.10. The molecule has 1 saturated heterocycles. The lowest BCUT2D eigenvalue weighted by molar-refractivity contribution is -0.192. The third kappa shape index (κ3) is 8.06. The van der Waals surface area contributed by atoms with Crippen molar-refractivity contribution in [2.75, 3.05) is 18.4 Å². The summed E-state index contributed by atoms with van der Waals surface area (Å²) in [5, 5.41) is 22.5. The molecule has 0 unspecified atom stereocenters. The van der Waals surface area contributed by atoms with Gasteiger partial charge in [0.15, 0.2) is 0 Å². The Morgan fingerprint density at radius 1 is 1.32 bits per heavy atom. The molecule has 1 aromatic carbocycles. The van der Waals surface area contributed by atoms with Gasteiger partial charge in [0, 0.05) is 23.9 Å². The molecule has 0 saturated carbocycles. The van der Waals surface area contributed by atoms with E-state index in [9.17, 15) is 17.6 Å². The lowest BCUT2D eigenvalue weighted by Gasteiger charge is -2.23. The number of carboxylic acid groups (broad SMARTS) is 1. The van der Waals surface area contributed by atoms with Crippen LogP contribution in [-0.2, 0) is 11.4 Å². The number of carbonyl (C=O) groups is 1. The normalized spacial score (nSPS) is 14.0. The lowest BCUT2D eigenvalue weighted by atomic mass is 10.1. The molecule has 1 fully saturated rings. The maximum Gasteiger partial charge on any atom is 0.490 e. The minimum Gasteiger partial charge on any atom is -0.475 e. The molecule has 0 spiro atoms. The number of carboxylic acids is 1. The Bertz CT molecular complexity index is 927. The number of alkyl halides is 3. The van der Waals surface area contributed by atoms with Crippen LogP contribution < -0.4 is 15.4 Å². The predicted molar refractivity (Wildman–Crippen MR) is 101 cm³/mol. The van der Waals surface area contributed by atoms with Crippen LogP contribution >= 0.6 is 0 Å². The van der Waals surface area contributed by atoms with Crippen LogP contribution in [0.5, 0.6) is 5.88 Å². The summed E-state index contributed by atoms with van der Waals surface area (Å²) in [6, 6.07) is 8.18. The molecule has 0 radical (unpaired) electrons. The minimum atomic E-state index is -5.08. The fraction of sp³-hybridized carbons (Fsp3) is 0.368. The number of nitrogens with zero attached hydrogens (tertiary/aromatic N) is 3. The highest BCUT2D eigenvalue weighted by Gasteiger charge is 2.38. The van der Waals surface area contributed by atoms with Gasteiger partial charge in [0.1, 0.15) is 12.4 Å². The zero-order valence-electron chi connectivity index (χ0n) is 16.1. The average Bonchev–Trinajstić information content (AvgIpc) is 2.73. The SMILES string of the molecule is N#Cc1ccc(COc2ccnc(NC3CCNCC3)n2)c(F)c1.O=C(O)C(F)(F)F. The monoisotopic (exact) mass is 441 g/mol. The molecule has 166 valence electrons. The number of anilines is 1. The summed E-state index contributed by atoms with van der Waals surface area (Å²) in [5.41, 5.74) is 0.659. The molecule has 31 heavy (non-hydrogen) atoms. The minimum absolute atomic E-state index is 0.0430. The fourth-order valence-electron chi connectivity index (χ4n) is 2.53. The van der Waals surface area contributed by atoms with Crippen molar-refractivity contribution in [1.29, 1.82) is 5.26 Å². The van der Waals surface area contributed by atoms with Crippen molar-refractivity contribution in [2.45, 2.75) is 31.7 Å². The number of rotatable bonds is 5. The number of ether oxygens (including phenoxy) is 1. The summed E-state index contributed by atoms with van der Waals surface area (Å²) >= 11 is 0. The Morgan fingerprint density at radius 2 is 2.00 bits per heavy atom. The third-order valence-electron chi connectivity index (χ3n) is 4.10. The topological polar surface area (TPSA) is 120 Å². The average molecular weight is 441 g/mol. The Hall–Kier alpha value is -3.46. The highest BCUT2D eigenvalue weighted by Crippen LogP contribution is 2.16. The molecular weight excluding hydrogens is 422 g/mol. The van der Waals surface area contributed by atoms with E-state index in [1.807, 2.05) is 6.07 Å². The number of aliphatic carboxylic acids is 1. The van der Waals surface area contributed by atoms with E-state index >= 15 is 0 Å². The maximum atomic E-state index is 13.8. The van der Waals surface area contributed by atoms with Crippen molar-refractivity contribution in [1.82, 2.24) is 15.3 Å². The summed E-state index contributed by atoms with van der Waals surface area (Å²) in [5.74, 6) is -2.33. The molecule has 0 amide bonds. The summed E-state index contributed by atoms with van der Waals surface area (Å²) < 4.78 is 51.1. The Labute approximate surface area is 174 Å². The third-order valence-corrected chi connectivity index (χ3v) is 4.10. The van der Waals surface area contributed by atoms with Crippen LogP contribution in [0, 0.1) is 17.1 Å². The highest BCUT2D eigenvalue weighted by atomic mass is 19.4. The van der Waals surface area contributed by atoms with E-state index in [1.54, 1.807) is 24.4 Å². The quantitative estimate of drug-likeness (QED) is 0.606. The summed E-state index contributed by atoms with van der Waals surface area (Å²) in [4.78, 5) is 17.4. The van der Waals surface area contributed by atoms with Crippen LogP contribution in [0.1, 0.15) is 24.0 Å². The van der Waals surface area contributed by atoms with E-state index in [1.165, 1.54) is 6.07 Å². The predicted octanol–water partition coefficient (Wildman–Crippen LogP) is 2.86. The second-order valence-electron chi connectivity index (χ2n) is 6.40. The summed E-state index contributed by atoms with van der Waals surface area (Å²) in [6.45, 7) is 2.00. The number of aromatic nitrogens is 2. The van der Waals surface area contributed by atoms with Crippen molar-refractivity contribution < 1.29 is 32.2 Å². The first kappa shape index (κ1) is 23.8. The molecule has 1 aliphatic heterocycles. The molecule has 0 aliphatic carbocycles. The molecule has 0 atom stereocenters. The van der Waals surface area contributed by atoms with Crippen molar-refractivity contribution in [3.05, 3.63) is 47.4 Å². The van der Waals surface area contributed by atoms with Gasteiger partial charge in [-0.3, -0.25) is 0 Å². The van der Waals surface area contributed by atoms with Gasteiger partial charge in [-0.2, -0.15) is 23.4 Å². The number of hydrogen-bond donors (Lipinski definition) is 3. The smallest absolute Gasteiger partial charge is 0.475 e. The van der Waals surface area contributed by atoms with Crippen molar-refractivity contribution in [3.63, 3.8) is 0 Å². The van der Waals surface area contributed by atoms with Crippen LogP contribution in [0.15, 0.2) is 30.5 Å². The van der Waals surface area contributed by atoms with Gasteiger partial charge in [-0.05, 0) is 38.1 Å². The zero-order valence-corrected chi connectivity index (χ0v) is 16.1. The molecule has 2 heterocycles. The molecular formula is C19H19F4N5O3. The molecule has 0 bridgehead atoms. The van der Waals surface area contributed by atoms with Crippen molar-refractivity contribution in [3.8, 4) is 11.9 Å². The zero-order chi connectivity index (χ0) is 22.9. The summed E-state index contributed by atoms with van der Waals surface area (Å²) in [6.07, 6.45) is -1.43. The molecule has 3 N–H and O–H groups in total. The Kier molecular flexibility index (Phi) is 8.51. The lowest BCUT2D eigenvalue weighted by Crippen LogP contribution is -2.35. The van der Waals surface area contributed by atoms with E-state index in [0.29, 0.717) is 23.4 Å². The number of nitriles is 1. The van der Waals surface area contributed by atoms with Crippen molar-refractivity contribution >= 4 is 11.9 Å². The van der Waals surface area contributed by atoms with Gasteiger partial charge in [0.2, 0.25) is 11.8 Å². The number of hydrogen-bond acceptors (Lipinski definition) is 7. The second-order valence-corrected chi connectivity index (χ2v) is 6.40. The van der Waals surface area contributed by atoms with Gasteiger partial charge in [0.05, 0.1) is 11.6 Å². The van der Waals surface area contributed by atoms with E-state index in [-0.39, 0.29) is 12.2 Å². The largest absolute Gasteiger partial charge is 0.490 e. The van der Waals surface area contributed by atoms with E-state index in [2.05, 4.69) is 20.6 Å². The molecule has 8 nitrogen and oxygen atoms in total. The molecule has 12 heteroatoms. The number of piperidine rings is 1. The van der Waals surface area contributed by atoms with Gasteiger partial charge in [0.25, 0.3) is 0 Å². The Balaban J connectivity index is 0.000000423. The van der Waals surface area contributed by atoms with Gasteiger partial charge in [-0.15, -0.1) is 0 Å². The van der Waals surface area contributed by atoms with Crippen LogP contribution in [0.2, 0.25) is 0 Å². The van der Waals surface area contributed by atoms with Crippen LogP contribution in [0.4, 0.5) is 23.5 Å². The Morgan fingerprint density at radius 3 is 2.58 bits per heavy atom. The maximum absolute atomic E-state index is 13.8. The van der Waals surface area contributed by atoms with Crippen LogP contribution in [0.25, 0.3) is 0 Å². The van der Waals surface area contributed by atoms with Crippen LogP contribution in [-0.4, -0.2) is 46.4 Å². The fourth-order valence-corrected chi connectivity index (χ4v) is 2.53. The first-order valence-corrected chi connectivity index (χ1v) is 9.10. The van der Waals surface area contributed by atoms with Gasteiger partial charge >= 0.3 is 12.1 Å². The second kappa shape index (κ2) is 11.1. The van der Waals surface area contributed by atoms with Gasteiger partial charge in [-0.25, -0.2) is 14.2 Å². The molecule has 2 aromatic rings. The van der Waals surface area contributed by atoms with Gasteiger partial charge < -0.3 is 20.5 Å². The molecule has 1 aromatic heterocycles. The number of halogens is 4. The van der Waals surface area contributed by atoms with E-state index in [0.717, 1.165) is 25.9 Å². The first-order chi connectivity index (χ1) is 14.7. The standard InChI is InChI=1S/C17H18FN5O.C2HF3O2/c18-15-9-12(10-19)1-2-13(15)11-24-16-5-8-21-17(23-16)22-14-3-6-20-7-4-14;3-2(4,5)1(6)7/h1-2,5,8-9,14,20H,3-4,6-7,11H2,(H,21,22,23);(H,6,7).